The Hall–Kier alpha value is -0.330. The molecule has 0 saturated heterocycles. The number of nitrogens with zero attached hydrogens (tertiary/aromatic N) is 1. The fourth-order valence-corrected chi connectivity index (χ4v) is 1.12. The van der Waals surface area contributed by atoms with Crippen LogP contribution in [-0.4, -0.2) is 4.98 Å². The highest BCUT2D eigenvalue weighted by molar-refractivity contribution is 14.1. The van der Waals surface area contributed by atoms with E-state index in [1.165, 1.54) is 0 Å². The Bertz CT molecular complexity index is 301. The van der Waals surface area contributed by atoms with Crippen LogP contribution in [-0.2, 0) is 0 Å². The standard InChI is InChI=1S/C7H5F3IN/c1-3-5(11)2-4(8)6(12-3)7(9)10/h2,7H,1H3. The normalized spacial score (nSPS) is 10.8. The van der Waals surface area contributed by atoms with E-state index in [0.717, 1.165) is 6.07 Å². The third-order valence-corrected chi connectivity index (χ3v) is 2.43. The first-order valence-electron chi connectivity index (χ1n) is 3.13. The number of hydrogen-bond acceptors (Lipinski definition) is 1. The number of aromatic nitrogens is 1. The van der Waals surface area contributed by atoms with Gasteiger partial charge in [-0.25, -0.2) is 18.2 Å². The molecule has 0 amide bonds. The number of hydrogen-bond donors (Lipinski definition) is 0. The lowest BCUT2D eigenvalue weighted by Crippen LogP contribution is -1.99. The largest absolute Gasteiger partial charge is 0.283 e. The number of halogens is 4. The molecule has 0 aliphatic heterocycles. The van der Waals surface area contributed by atoms with Gasteiger partial charge in [0, 0.05) is 3.57 Å². The fraction of sp³-hybridized carbons (Fsp3) is 0.286. The van der Waals surface area contributed by atoms with Gasteiger partial charge in [-0.2, -0.15) is 0 Å². The lowest BCUT2D eigenvalue weighted by Gasteiger charge is -2.03. The summed E-state index contributed by atoms with van der Waals surface area (Å²) >= 11 is 1.84. The third-order valence-electron chi connectivity index (χ3n) is 1.34. The predicted molar refractivity (Wildman–Crippen MR) is 46.6 cm³/mol. The van der Waals surface area contributed by atoms with Crippen LogP contribution in [0, 0.1) is 16.3 Å². The molecule has 0 aliphatic carbocycles. The zero-order valence-electron chi connectivity index (χ0n) is 6.11. The molecule has 0 fully saturated rings. The molecule has 0 aliphatic rings. The molecule has 0 bridgehead atoms. The van der Waals surface area contributed by atoms with Gasteiger partial charge in [-0.3, -0.25) is 0 Å². The molecule has 0 spiro atoms. The lowest BCUT2D eigenvalue weighted by molar-refractivity contribution is 0.140. The van der Waals surface area contributed by atoms with Crippen molar-refractivity contribution in [3.8, 4) is 0 Å². The summed E-state index contributed by atoms with van der Waals surface area (Å²) in [5.41, 5.74) is -0.347. The summed E-state index contributed by atoms with van der Waals surface area (Å²) in [6.45, 7) is 1.56. The maximum absolute atomic E-state index is 12.7. The van der Waals surface area contributed by atoms with Gasteiger partial charge < -0.3 is 0 Å². The van der Waals surface area contributed by atoms with E-state index in [9.17, 15) is 13.2 Å². The van der Waals surface area contributed by atoms with Gasteiger partial charge in [0.2, 0.25) is 0 Å². The minimum absolute atomic E-state index is 0.423. The van der Waals surface area contributed by atoms with Crippen molar-refractivity contribution in [3.63, 3.8) is 0 Å². The topological polar surface area (TPSA) is 12.9 Å². The molecule has 0 saturated carbocycles. The second-order valence-corrected chi connectivity index (χ2v) is 3.39. The molecule has 66 valence electrons. The van der Waals surface area contributed by atoms with E-state index >= 15 is 0 Å². The van der Waals surface area contributed by atoms with Crippen molar-refractivity contribution in [2.75, 3.05) is 0 Å². The van der Waals surface area contributed by atoms with Gasteiger partial charge in [-0.15, -0.1) is 0 Å². The first-order valence-corrected chi connectivity index (χ1v) is 4.21. The van der Waals surface area contributed by atoms with Crippen LogP contribution in [0.4, 0.5) is 13.2 Å². The molecule has 1 nitrogen and oxygen atoms in total. The second-order valence-electron chi connectivity index (χ2n) is 2.22. The van der Waals surface area contributed by atoms with Crippen LogP contribution in [0.1, 0.15) is 17.8 Å². The van der Waals surface area contributed by atoms with Crippen LogP contribution in [0.2, 0.25) is 0 Å². The average Bonchev–Trinajstić information content (AvgIpc) is 1.96. The number of aryl methyl sites for hydroxylation is 1. The number of rotatable bonds is 1. The molecule has 1 aromatic rings. The number of pyridine rings is 1. The maximum atomic E-state index is 12.7. The molecule has 5 heteroatoms. The molecule has 0 N–H and O–H groups in total. The van der Waals surface area contributed by atoms with Crippen LogP contribution in [0.15, 0.2) is 6.07 Å². The van der Waals surface area contributed by atoms with Crippen molar-refractivity contribution in [2.24, 2.45) is 0 Å². The van der Waals surface area contributed by atoms with Crippen LogP contribution >= 0.6 is 22.6 Å². The minimum atomic E-state index is -2.85. The van der Waals surface area contributed by atoms with Gasteiger partial charge in [-0.1, -0.05) is 0 Å². The summed E-state index contributed by atoms with van der Waals surface area (Å²) in [4.78, 5) is 3.44. The third kappa shape index (κ3) is 1.88. The maximum Gasteiger partial charge on any atom is 0.283 e. The first kappa shape index (κ1) is 9.76. The highest BCUT2D eigenvalue weighted by Crippen LogP contribution is 2.22. The minimum Gasteiger partial charge on any atom is -0.248 e. The molecule has 12 heavy (non-hydrogen) atoms. The second kappa shape index (κ2) is 3.59. The molecule has 0 unspecified atom stereocenters. The van der Waals surface area contributed by atoms with E-state index < -0.39 is 17.9 Å². The molecule has 1 aromatic heterocycles. The molecule has 1 heterocycles. The van der Waals surface area contributed by atoms with Crippen LogP contribution in [0.5, 0.6) is 0 Å². The highest BCUT2D eigenvalue weighted by Gasteiger charge is 2.16. The summed E-state index contributed by atoms with van der Waals surface area (Å²) < 4.78 is 37.4. The van der Waals surface area contributed by atoms with Crippen molar-refractivity contribution in [2.45, 2.75) is 13.3 Å². The van der Waals surface area contributed by atoms with Crippen molar-refractivity contribution >= 4 is 22.6 Å². The predicted octanol–water partition coefficient (Wildman–Crippen LogP) is 3.07. The first-order chi connectivity index (χ1) is 5.52. The Morgan fingerprint density at radius 3 is 2.58 bits per heavy atom. The Labute approximate surface area is 81.1 Å². The summed E-state index contributed by atoms with van der Waals surface area (Å²) in [5.74, 6) is -0.944. The van der Waals surface area contributed by atoms with E-state index in [1.54, 1.807) is 6.92 Å². The van der Waals surface area contributed by atoms with Crippen molar-refractivity contribution in [3.05, 3.63) is 26.8 Å². The quantitative estimate of drug-likeness (QED) is 0.723. The van der Waals surface area contributed by atoms with Gasteiger partial charge in [0.05, 0.1) is 5.69 Å². The zero-order valence-corrected chi connectivity index (χ0v) is 8.27. The molecular formula is C7H5F3IN. The summed E-state index contributed by atoms with van der Waals surface area (Å²) in [6, 6.07) is 1.06. The molecule has 0 aromatic carbocycles. The highest BCUT2D eigenvalue weighted by atomic mass is 127. The molecular weight excluding hydrogens is 282 g/mol. The van der Waals surface area contributed by atoms with E-state index in [0.29, 0.717) is 9.26 Å². The Kier molecular flexibility index (Phi) is 2.92. The fourth-order valence-electron chi connectivity index (χ4n) is 0.730. The van der Waals surface area contributed by atoms with Gasteiger partial charge >= 0.3 is 0 Å². The smallest absolute Gasteiger partial charge is 0.248 e. The summed E-state index contributed by atoms with van der Waals surface area (Å²) in [6.07, 6.45) is -2.85. The Morgan fingerprint density at radius 2 is 2.08 bits per heavy atom. The van der Waals surface area contributed by atoms with Crippen molar-refractivity contribution < 1.29 is 13.2 Å². The monoisotopic (exact) mass is 287 g/mol. The van der Waals surface area contributed by atoms with Crippen LogP contribution < -0.4 is 0 Å². The summed E-state index contributed by atoms with van der Waals surface area (Å²) in [7, 11) is 0. The SMILES string of the molecule is Cc1nc(C(F)F)c(F)cc1I. The summed E-state index contributed by atoms with van der Waals surface area (Å²) in [5, 5.41) is 0. The zero-order chi connectivity index (χ0) is 9.30. The van der Waals surface area contributed by atoms with Gasteiger partial charge in [0.25, 0.3) is 6.43 Å². The van der Waals surface area contributed by atoms with Gasteiger partial charge in [0.1, 0.15) is 5.69 Å². The molecule has 1 rings (SSSR count). The van der Waals surface area contributed by atoms with Crippen molar-refractivity contribution in [1.29, 1.82) is 0 Å². The van der Waals surface area contributed by atoms with Crippen LogP contribution in [0.3, 0.4) is 0 Å². The lowest BCUT2D eigenvalue weighted by atomic mass is 10.3. The van der Waals surface area contributed by atoms with E-state index in [2.05, 4.69) is 4.98 Å². The van der Waals surface area contributed by atoms with Crippen molar-refractivity contribution in [1.82, 2.24) is 4.98 Å². The van der Waals surface area contributed by atoms with E-state index in [4.69, 9.17) is 0 Å². The molecule has 0 atom stereocenters. The Morgan fingerprint density at radius 1 is 1.50 bits per heavy atom. The molecule has 0 radical (unpaired) electrons. The van der Waals surface area contributed by atoms with E-state index in [1.807, 2.05) is 22.6 Å². The van der Waals surface area contributed by atoms with Gasteiger partial charge in [-0.05, 0) is 35.6 Å². The number of alkyl halides is 2. The average molecular weight is 287 g/mol. The van der Waals surface area contributed by atoms with E-state index in [-0.39, 0.29) is 0 Å². The Balaban J connectivity index is 3.23. The van der Waals surface area contributed by atoms with Crippen LogP contribution in [0.25, 0.3) is 0 Å². The van der Waals surface area contributed by atoms with Gasteiger partial charge in [0.15, 0.2) is 5.82 Å².